The van der Waals surface area contributed by atoms with Gasteiger partial charge in [-0.05, 0) is 41.1 Å². The summed E-state index contributed by atoms with van der Waals surface area (Å²) in [6, 6.07) is 21.6. The summed E-state index contributed by atoms with van der Waals surface area (Å²) in [5.41, 5.74) is 2.58. The lowest BCUT2D eigenvalue weighted by atomic mass is 10.1. The smallest absolute Gasteiger partial charge is 0.231 e. The maximum absolute atomic E-state index is 12.8. The second-order valence-electron chi connectivity index (χ2n) is 7.69. The van der Waals surface area contributed by atoms with Gasteiger partial charge in [0, 0.05) is 29.6 Å². The van der Waals surface area contributed by atoms with Gasteiger partial charge in [0.25, 0.3) is 0 Å². The number of anilines is 2. The van der Waals surface area contributed by atoms with Gasteiger partial charge in [-0.25, -0.2) is 4.98 Å². The SMILES string of the molecule is COc1ccc(N2CC(C(=O)Nc3nc(-c4ccc5ccccc5c4)cs3)CC2=O)cc1. The van der Waals surface area contributed by atoms with E-state index in [4.69, 9.17) is 4.74 Å². The van der Waals surface area contributed by atoms with Crippen molar-refractivity contribution in [2.24, 2.45) is 5.92 Å². The molecule has 1 aliphatic heterocycles. The highest BCUT2D eigenvalue weighted by atomic mass is 32.1. The summed E-state index contributed by atoms with van der Waals surface area (Å²) in [5.74, 6) is 0.0541. The first-order valence-corrected chi connectivity index (χ1v) is 11.2. The number of benzene rings is 3. The van der Waals surface area contributed by atoms with Gasteiger partial charge in [-0.3, -0.25) is 9.59 Å². The predicted molar refractivity (Wildman–Crippen MR) is 127 cm³/mol. The molecule has 1 aromatic heterocycles. The number of rotatable bonds is 5. The molecule has 160 valence electrons. The van der Waals surface area contributed by atoms with E-state index in [-0.39, 0.29) is 18.2 Å². The van der Waals surface area contributed by atoms with Gasteiger partial charge in [-0.2, -0.15) is 0 Å². The molecule has 0 spiro atoms. The molecule has 6 nitrogen and oxygen atoms in total. The van der Waals surface area contributed by atoms with E-state index in [0.717, 1.165) is 28.1 Å². The molecule has 3 aromatic carbocycles. The fourth-order valence-electron chi connectivity index (χ4n) is 3.91. The molecule has 5 rings (SSSR count). The zero-order chi connectivity index (χ0) is 22.1. The van der Waals surface area contributed by atoms with Crippen molar-refractivity contribution in [3.05, 3.63) is 72.1 Å². The van der Waals surface area contributed by atoms with Crippen molar-refractivity contribution < 1.29 is 14.3 Å². The van der Waals surface area contributed by atoms with Crippen LogP contribution in [0, 0.1) is 5.92 Å². The normalized spacial score (nSPS) is 15.8. The lowest BCUT2D eigenvalue weighted by Crippen LogP contribution is -2.28. The van der Waals surface area contributed by atoms with E-state index in [1.54, 1.807) is 24.1 Å². The molecule has 1 atom stereocenters. The number of ether oxygens (including phenoxy) is 1. The Morgan fingerprint density at radius 3 is 2.66 bits per heavy atom. The van der Waals surface area contributed by atoms with Crippen molar-refractivity contribution in [3.8, 4) is 17.0 Å². The van der Waals surface area contributed by atoms with Crippen molar-refractivity contribution in [1.82, 2.24) is 4.98 Å². The number of fused-ring (bicyclic) bond motifs is 1. The Balaban J connectivity index is 1.27. The predicted octanol–water partition coefficient (Wildman–Crippen LogP) is 4.96. The summed E-state index contributed by atoms with van der Waals surface area (Å²) in [5, 5.41) is 7.68. The van der Waals surface area contributed by atoms with Gasteiger partial charge in [0.2, 0.25) is 11.8 Å². The number of hydrogen-bond acceptors (Lipinski definition) is 5. The van der Waals surface area contributed by atoms with Crippen LogP contribution in [0.1, 0.15) is 6.42 Å². The number of nitrogens with zero attached hydrogens (tertiary/aromatic N) is 2. The highest BCUT2D eigenvalue weighted by molar-refractivity contribution is 7.14. The van der Waals surface area contributed by atoms with Gasteiger partial charge in [0.1, 0.15) is 5.75 Å². The second kappa shape index (κ2) is 8.43. The van der Waals surface area contributed by atoms with Crippen molar-refractivity contribution in [2.75, 3.05) is 23.9 Å². The first kappa shape index (κ1) is 20.2. The van der Waals surface area contributed by atoms with Crippen molar-refractivity contribution in [2.45, 2.75) is 6.42 Å². The van der Waals surface area contributed by atoms with E-state index in [9.17, 15) is 9.59 Å². The Morgan fingerprint density at radius 2 is 1.88 bits per heavy atom. The Morgan fingerprint density at radius 1 is 1.09 bits per heavy atom. The van der Waals surface area contributed by atoms with Crippen LogP contribution in [0.15, 0.2) is 72.1 Å². The van der Waals surface area contributed by atoms with Gasteiger partial charge in [0.15, 0.2) is 5.13 Å². The van der Waals surface area contributed by atoms with Crippen LogP contribution in [-0.2, 0) is 9.59 Å². The highest BCUT2D eigenvalue weighted by Crippen LogP contribution is 2.30. The zero-order valence-electron chi connectivity index (χ0n) is 17.4. The lowest BCUT2D eigenvalue weighted by molar-refractivity contribution is -0.122. The van der Waals surface area contributed by atoms with Crippen LogP contribution in [-0.4, -0.2) is 30.5 Å². The van der Waals surface area contributed by atoms with E-state index in [2.05, 4.69) is 34.6 Å². The fraction of sp³-hybridized carbons (Fsp3) is 0.160. The molecule has 1 saturated heterocycles. The largest absolute Gasteiger partial charge is 0.497 e. The van der Waals surface area contributed by atoms with Gasteiger partial charge in [-0.1, -0.05) is 36.4 Å². The number of carbonyl (C=O) groups is 2. The first-order valence-electron chi connectivity index (χ1n) is 10.3. The number of nitrogens with one attached hydrogen (secondary N) is 1. The van der Waals surface area contributed by atoms with E-state index in [0.29, 0.717) is 11.7 Å². The third kappa shape index (κ3) is 3.94. The van der Waals surface area contributed by atoms with Crippen LogP contribution in [0.2, 0.25) is 0 Å². The number of amides is 2. The summed E-state index contributed by atoms with van der Waals surface area (Å²) in [4.78, 5) is 31.5. The van der Waals surface area contributed by atoms with E-state index in [1.165, 1.54) is 16.7 Å². The number of thiazole rings is 1. The lowest BCUT2D eigenvalue weighted by Gasteiger charge is -2.16. The Kier molecular flexibility index (Phi) is 5.33. The van der Waals surface area contributed by atoms with Crippen LogP contribution >= 0.6 is 11.3 Å². The minimum absolute atomic E-state index is 0.0636. The Labute approximate surface area is 189 Å². The summed E-state index contributed by atoms with van der Waals surface area (Å²) in [7, 11) is 1.60. The molecular formula is C25H21N3O3S. The van der Waals surface area contributed by atoms with Gasteiger partial charge < -0.3 is 15.0 Å². The number of methoxy groups -OCH3 is 1. The maximum atomic E-state index is 12.8. The van der Waals surface area contributed by atoms with Gasteiger partial charge in [0.05, 0.1) is 18.7 Å². The molecule has 0 radical (unpaired) electrons. The minimum atomic E-state index is -0.419. The van der Waals surface area contributed by atoms with E-state index in [1.807, 2.05) is 35.7 Å². The second-order valence-corrected chi connectivity index (χ2v) is 8.55. The molecule has 1 aliphatic rings. The Hall–Kier alpha value is -3.71. The average molecular weight is 444 g/mol. The van der Waals surface area contributed by atoms with Crippen LogP contribution in [0.5, 0.6) is 5.75 Å². The van der Waals surface area contributed by atoms with Crippen LogP contribution < -0.4 is 15.0 Å². The molecule has 1 unspecified atom stereocenters. The quantitative estimate of drug-likeness (QED) is 0.473. The number of hydrogen-bond donors (Lipinski definition) is 1. The van der Waals surface area contributed by atoms with E-state index >= 15 is 0 Å². The molecule has 0 bridgehead atoms. The molecule has 2 amide bonds. The van der Waals surface area contributed by atoms with Crippen LogP contribution in [0.4, 0.5) is 10.8 Å². The van der Waals surface area contributed by atoms with Crippen LogP contribution in [0.25, 0.3) is 22.0 Å². The van der Waals surface area contributed by atoms with Crippen molar-refractivity contribution >= 4 is 44.7 Å². The van der Waals surface area contributed by atoms with Crippen molar-refractivity contribution in [1.29, 1.82) is 0 Å². The minimum Gasteiger partial charge on any atom is -0.497 e. The summed E-state index contributed by atoms with van der Waals surface area (Å²) >= 11 is 1.38. The monoisotopic (exact) mass is 443 g/mol. The van der Waals surface area contributed by atoms with E-state index < -0.39 is 5.92 Å². The third-order valence-electron chi connectivity index (χ3n) is 5.66. The van der Waals surface area contributed by atoms with Gasteiger partial charge in [-0.15, -0.1) is 11.3 Å². The average Bonchev–Trinajstić information content (AvgIpc) is 3.45. The highest BCUT2D eigenvalue weighted by Gasteiger charge is 2.35. The first-order chi connectivity index (χ1) is 15.6. The van der Waals surface area contributed by atoms with Gasteiger partial charge >= 0.3 is 0 Å². The molecule has 7 heteroatoms. The molecule has 2 heterocycles. The molecule has 0 aliphatic carbocycles. The summed E-state index contributed by atoms with van der Waals surface area (Å²) < 4.78 is 5.17. The molecule has 4 aromatic rings. The zero-order valence-corrected chi connectivity index (χ0v) is 18.3. The third-order valence-corrected chi connectivity index (χ3v) is 6.42. The maximum Gasteiger partial charge on any atom is 0.231 e. The molecular weight excluding hydrogens is 422 g/mol. The topological polar surface area (TPSA) is 71.5 Å². The number of aromatic nitrogens is 1. The Bertz CT molecular complexity index is 1300. The van der Waals surface area contributed by atoms with Crippen molar-refractivity contribution in [3.63, 3.8) is 0 Å². The number of carbonyl (C=O) groups excluding carboxylic acids is 2. The summed E-state index contributed by atoms with van der Waals surface area (Å²) in [6.07, 6.45) is 0.181. The standard InChI is InChI=1S/C25H21N3O3S/c1-31-21-10-8-20(9-11-21)28-14-19(13-23(28)29)24(30)27-25-26-22(15-32-25)18-7-6-16-4-2-3-5-17(16)12-18/h2-12,15,19H,13-14H2,1H3,(H,26,27,30). The van der Waals surface area contributed by atoms with Crippen LogP contribution in [0.3, 0.4) is 0 Å². The molecule has 1 N–H and O–H groups in total. The fourth-order valence-corrected chi connectivity index (χ4v) is 4.64. The molecule has 0 saturated carbocycles. The molecule has 32 heavy (non-hydrogen) atoms. The molecule has 1 fully saturated rings. The summed E-state index contributed by atoms with van der Waals surface area (Å²) in [6.45, 7) is 0.347.